The maximum Gasteiger partial charge on any atom is 0.240 e. The molecule has 0 unspecified atom stereocenters. The van der Waals surface area contributed by atoms with Gasteiger partial charge in [0, 0.05) is 11.3 Å². The third-order valence-electron chi connectivity index (χ3n) is 3.22. The average Bonchev–Trinajstić information content (AvgIpc) is 2.93. The summed E-state index contributed by atoms with van der Waals surface area (Å²) >= 11 is 1.74. The van der Waals surface area contributed by atoms with Crippen LogP contribution in [0.3, 0.4) is 0 Å². The van der Waals surface area contributed by atoms with E-state index in [4.69, 9.17) is 0 Å². The maximum absolute atomic E-state index is 11.7. The van der Waals surface area contributed by atoms with Crippen LogP contribution in [0.1, 0.15) is 69.1 Å². The third-order valence-corrected chi connectivity index (χ3v) is 4.56. The molecule has 0 spiro atoms. The zero-order valence-electron chi connectivity index (χ0n) is 12.9. The molecule has 0 fully saturated rings. The molecule has 0 aliphatic heterocycles. The number of nitrogens with one attached hydrogen (secondary N) is 1. The van der Waals surface area contributed by atoms with E-state index in [1.54, 1.807) is 11.3 Å². The van der Waals surface area contributed by atoms with Gasteiger partial charge in [-0.3, -0.25) is 4.79 Å². The van der Waals surface area contributed by atoms with Crippen molar-refractivity contribution in [2.45, 2.75) is 65.7 Å². The zero-order valence-corrected chi connectivity index (χ0v) is 13.7. The van der Waals surface area contributed by atoms with E-state index in [9.17, 15) is 4.79 Å². The first kappa shape index (κ1) is 16.9. The number of unbranched alkanes of at least 4 members (excludes halogenated alkanes) is 4. The van der Waals surface area contributed by atoms with Crippen LogP contribution < -0.4 is 5.43 Å². The molecule has 1 N–H and O–H groups in total. The summed E-state index contributed by atoms with van der Waals surface area (Å²) in [7, 11) is 0. The van der Waals surface area contributed by atoms with Gasteiger partial charge >= 0.3 is 0 Å². The number of carbonyl (C=O) groups is 1. The second kappa shape index (κ2) is 9.70. The Labute approximate surface area is 126 Å². The summed E-state index contributed by atoms with van der Waals surface area (Å²) in [6.07, 6.45) is 7.43. The van der Waals surface area contributed by atoms with Gasteiger partial charge in [0.15, 0.2) is 0 Å². The number of carbonyl (C=O) groups excluding carboxylic acids is 1. The molecule has 4 heteroatoms. The molecule has 0 saturated heterocycles. The van der Waals surface area contributed by atoms with Crippen LogP contribution in [-0.2, 0) is 11.2 Å². The van der Waals surface area contributed by atoms with Crippen molar-refractivity contribution in [3.8, 4) is 0 Å². The lowest BCUT2D eigenvalue weighted by Gasteiger charge is -2.01. The minimum absolute atomic E-state index is 0.0214. The molecule has 0 aromatic carbocycles. The van der Waals surface area contributed by atoms with E-state index in [0.29, 0.717) is 6.42 Å². The summed E-state index contributed by atoms with van der Waals surface area (Å²) < 4.78 is 0. The van der Waals surface area contributed by atoms with Crippen molar-refractivity contribution in [2.24, 2.45) is 5.10 Å². The molecule has 0 radical (unpaired) electrons. The molecule has 1 heterocycles. The molecule has 1 aromatic heterocycles. The molecule has 0 aliphatic carbocycles. The molecule has 112 valence electrons. The molecule has 0 bridgehead atoms. The van der Waals surface area contributed by atoms with Crippen molar-refractivity contribution in [2.75, 3.05) is 0 Å². The van der Waals surface area contributed by atoms with Crippen molar-refractivity contribution < 1.29 is 4.79 Å². The van der Waals surface area contributed by atoms with Gasteiger partial charge in [-0.05, 0) is 31.9 Å². The molecule has 1 rings (SSSR count). The Hall–Kier alpha value is -1.16. The van der Waals surface area contributed by atoms with Crippen molar-refractivity contribution in [3.05, 3.63) is 21.9 Å². The number of hydrogen-bond acceptors (Lipinski definition) is 3. The van der Waals surface area contributed by atoms with Crippen LogP contribution in [0.15, 0.2) is 17.2 Å². The topological polar surface area (TPSA) is 41.5 Å². The highest BCUT2D eigenvalue weighted by molar-refractivity contribution is 7.14. The fraction of sp³-hybridized carbons (Fsp3) is 0.625. The van der Waals surface area contributed by atoms with E-state index in [1.165, 1.54) is 24.1 Å². The summed E-state index contributed by atoms with van der Waals surface area (Å²) in [5.41, 5.74) is 3.54. The fourth-order valence-corrected chi connectivity index (χ4v) is 2.80. The maximum atomic E-state index is 11.7. The predicted molar refractivity (Wildman–Crippen MR) is 87.4 cm³/mol. The first-order chi connectivity index (χ1) is 9.67. The van der Waals surface area contributed by atoms with Gasteiger partial charge in [-0.15, -0.1) is 11.3 Å². The minimum Gasteiger partial charge on any atom is -0.273 e. The number of aryl methyl sites for hydroxylation is 1. The van der Waals surface area contributed by atoms with Crippen molar-refractivity contribution in [1.29, 1.82) is 0 Å². The molecule has 0 saturated carbocycles. The summed E-state index contributed by atoms with van der Waals surface area (Å²) in [6, 6.07) is 4.19. The normalized spacial score (nSPS) is 11.7. The monoisotopic (exact) mass is 294 g/mol. The summed E-state index contributed by atoms with van der Waals surface area (Å²) in [5, 5.41) is 4.18. The van der Waals surface area contributed by atoms with Gasteiger partial charge in [-0.2, -0.15) is 5.10 Å². The van der Waals surface area contributed by atoms with Crippen LogP contribution in [-0.4, -0.2) is 11.6 Å². The van der Waals surface area contributed by atoms with Gasteiger partial charge in [0.2, 0.25) is 5.91 Å². The summed E-state index contributed by atoms with van der Waals surface area (Å²) in [5.74, 6) is 0.0214. The number of rotatable bonds is 9. The average molecular weight is 294 g/mol. The number of amides is 1. The Kier molecular flexibility index (Phi) is 8.19. The summed E-state index contributed by atoms with van der Waals surface area (Å²) in [6.45, 7) is 6.27. The number of hydrogen-bond donors (Lipinski definition) is 1. The lowest BCUT2D eigenvalue weighted by molar-refractivity contribution is -0.121. The first-order valence-electron chi connectivity index (χ1n) is 7.59. The van der Waals surface area contributed by atoms with Gasteiger partial charge in [0.25, 0.3) is 0 Å². The number of hydrazone groups is 1. The van der Waals surface area contributed by atoms with Crippen LogP contribution in [0.4, 0.5) is 0 Å². The Balaban J connectivity index is 2.29. The van der Waals surface area contributed by atoms with Gasteiger partial charge < -0.3 is 0 Å². The van der Waals surface area contributed by atoms with E-state index in [1.807, 2.05) is 6.92 Å². The lowest BCUT2D eigenvalue weighted by Crippen LogP contribution is -2.18. The minimum atomic E-state index is 0.0214. The molecule has 20 heavy (non-hydrogen) atoms. The molecule has 3 nitrogen and oxygen atoms in total. The van der Waals surface area contributed by atoms with Crippen LogP contribution in [0.2, 0.25) is 0 Å². The SMILES string of the molecule is CCCCCCCC(=O)NN=C(C)c1ccc(CC)s1. The quantitative estimate of drug-likeness (QED) is 0.406. The highest BCUT2D eigenvalue weighted by atomic mass is 32.1. The molecule has 1 amide bonds. The van der Waals surface area contributed by atoms with E-state index in [-0.39, 0.29) is 5.91 Å². The third kappa shape index (κ3) is 6.33. The van der Waals surface area contributed by atoms with E-state index < -0.39 is 0 Å². The Morgan fingerprint density at radius 3 is 2.60 bits per heavy atom. The Morgan fingerprint density at radius 2 is 1.95 bits per heavy atom. The molecular weight excluding hydrogens is 268 g/mol. The molecule has 0 atom stereocenters. The van der Waals surface area contributed by atoms with Crippen LogP contribution in [0.5, 0.6) is 0 Å². The summed E-state index contributed by atoms with van der Waals surface area (Å²) in [4.78, 5) is 14.1. The van der Waals surface area contributed by atoms with Gasteiger partial charge in [0.05, 0.1) is 10.6 Å². The van der Waals surface area contributed by atoms with Gasteiger partial charge in [0.1, 0.15) is 0 Å². The van der Waals surface area contributed by atoms with Gasteiger partial charge in [-0.1, -0.05) is 39.5 Å². The standard InChI is InChI=1S/C16H26N2OS/c1-4-6-7-8-9-10-16(19)18-17-13(3)15-12-11-14(5-2)20-15/h11-12H,4-10H2,1-3H3,(H,18,19). The molecule has 1 aromatic rings. The largest absolute Gasteiger partial charge is 0.273 e. The first-order valence-corrected chi connectivity index (χ1v) is 8.41. The second-order valence-corrected chi connectivity index (χ2v) is 6.18. The highest BCUT2D eigenvalue weighted by Crippen LogP contribution is 2.17. The van der Waals surface area contributed by atoms with Crippen LogP contribution in [0, 0.1) is 0 Å². The lowest BCUT2D eigenvalue weighted by atomic mass is 10.1. The zero-order chi connectivity index (χ0) is 14.8. The van der Waals surface area contributed by atoms with Gasteiger partial charge in [-0.25, -0.2) is 5.43 Å². The van der Waals surface area contributed by atoms with Crippen molar-refractivity contribution in [1.82, 2.24) is 5.43 Å². The predicted octanol–water partition coefficient (Wildman–Crippen LogP) is 4.51. The van der Waals surface area contributed by atoms with Crippen molar-refractivity contribution >= 4 is 23.0 Å². The number of thiophene rings is 1. The number of nitrogens with zero attached hydrogens (tertiary/aromatic N) is 1. The van der Waals surface area contributed by atoms with Crippen LogP contribution in [0.25, 0.3) is 0 Å². The van der Waals surface area contributed by atoms with Crippen molar-refractivity contribution in [3.63, 3.8) is 0 Å². The van der Waals surface area contributed by atoms with Crippen LogP contribution >= 0.6 is 11.3 Å². The smallest absolute Gasteiger partial charge is 0.240 e. The van der Waals surface area contributed by atoms with E-state index in [0.717, 1.165) is 29.9 Å². The molecule has 0 aliphatic rings. The fourth-order valence-electron chi connectivity index (χ4n) is 1.91. The second-order valence-electron chi connectivity index (χ2n) is 5.02. The highest BCUT2D eigenvalue weighted by Gasteiger charge is 2.04. The Bertz CT molecular complexity index is 437. The van der Waals surface area contributed by atoms with E-state index in [2.05, 4.69) is 36.5 Å². The Morgan fingerprint density at radius 1 is 1.20 bits per heavy atom. The molecular formula is C16H26N2OS. The van der Waals surface area contributed by atoms with E-state index >= 15 is 0 Å².